The zero-order valence-electron chi connectivity index (χ0n) is 9.74. The minimum atomic E-state index is -1.03. The van der Waals surface area contributed by atoms with Crippen molar-refractivity contribution in [2.45, 2.75) is 51.9 Å². The highest BCUT2D eigenvalue weighted by atomic mass is 16.4. The maximum Gasteiger partial charge on any atom is 0.310 e. The predicted molar refractivity (Wildman–Crippen MR) is 59.2 cm³/mol. The topological polar surface area (TPSA) is 74.6 Å². The van der Waals surface area contributed by atoms with Gasteiger partial charge in [-0.3, -0.25) is 9.59 Å². The van der Waals surface area contributed by atoms with Gasteiger partial charge in [-0.15, -0.1) is 0 Å². The van der Waals surface area contributed by atoms with Crippen molar-refractivity contribution in [3.63, 3.8) is 0 Å². The molecule has 0 heterocycles. The fourth-order valence-corrected chi connectivity index (χ4v) is 2.99. The minimum Gasteiger partial charge on any atom is -0.481 e. The monoisotopic (exact) mass is 228 g/mol. The summed E-state index contributed by atoms with van der Waals surface area (Å²) in [5.41, 5.74) is -1.03. The third-order valence-electron chi connectivity index (χ3n) is 3.73. The highest BCUT2D eigenvalue weighted by Crippen LogP contribution is 2.45. The van der Waals surface area contributed by atoms with E-state index < -0.39 is 17.4 Å². The molecule has 1 aliphatic carbocycles. The van der Waals surface area contributed by atoms with E-state index in [1.807, 2.05) is 6.92 Å². The molecule has 0 amide bonds. The number of carboxylic acids is 2. The van der Waals surface area contributed by atoms with E-state index in [0.29, 0.717) is 6.42 Å². The summed E-state index contributed by atoms with van der Waals surface area (Å²) in [7, 11) is 0. The van der Waals surface area contributed by atoms with E-state index in [-0.39, 0.29) is 12.3 Å². The predicted octanol–water partition coefficient (Wildman–Crippen LogP) is 2.52. The molecule has 4 nitrogen and oxygen atoms in total. The standard InChI is InChI=1S/C12H20O4/c1-2-7-12(11(15)16,8-10(13)14)9-5-3-4-6-9/h9H,2-8H2,1H3,(H,13,14)(H,15,16). The molecule has 1 aliphatic rings. The molecule has 0 bridgehead atoms. The quantitative estimate of drug-likeness (QED) is 0.732. The van der Waals surface area contributed by atoms with Crippen LogP contribution in [0.3, 0.4) is 0 Å². The molecule has 0 spiro atoms. The first-order valence-electron chi connectivity index (χ1n) is 5.98. The second-order valence-corrected chi connectivity index (χ2v) is 4.76. The van der Waals surface area contributed by atoms with Crippen molar-refractivity contribution in [3.8, 4) is 0 Å². The molecule has 0 aromatic heterocycles. The van der Waals surface area contributed by atoms with Crippen LogP contribution in [0.2, 0.25) is 0 Å². The zero-order chi connectivity index (χ0) is 12.2. The van der Waals surface area contributed by atoms with Crippen LogP contribution in [0.15, 0.2) is 0 Å². The summed E-state index contributed by atoms with van der Waals surface area (Å²) < 4.78 is 0. The van der Waals surface area contributed by atoms with Gasteiger partial charge >= 0.3 is 11.9 Å². The second-order valence-electron chi connectivity index (χ2n) is 4.76. The molecule has 1 unspecified atom stereocenters. The maximum atomic E-state index is 11.5. The van der Waals surface area contributed by atoms with E-state index in [1.54, 1.807) is 0 Å². The van der Waals surface area contributed by atoms with Crippen molar-refractivity contribution in [2.24, 2.45) is 11.3 Å². The molecule has 4 heteroatoms. The van der Waals surface area contributed by atoms with Gasteiger partial charge in [0.2, 0.25) is 0 Å². The lowest BCUT2D eigenvalue weighted by molar-refractivity contribution is -0.160. The Labute approximate surface area is 95.7 Å². The molecular weight excluding hydrogens is 208 g/mol. The van der Waals surface area contributed by atoms with Crippen LogP contribution in [0.1, 0.15) is 51.9 Å². The molecule has 1 atom stereocenters. The first-order valence-corrected chi connectivity index (χ1v) is 5.98. The van der Waals surface area contributed by atoms with Crippen LogP contribution in [-0.4, -0.2) is 22.2 Å². The molecule has 0 saturated heterocycles. The van der Waals surface area contributed by atoms with Crippen LogP contribution >= 0.6 is 0 Å². The van der Waals surface area contributed by atoms with Gasteiger partial charge in [0.15, 0.2) is 0 Å². The SMILES string of the molecule is CCCC(CC(=O)O)(C(=O)O)C1CCCC1. The van der Waals surface area contributed by atoms with Gasteiger partial charge in [-0.2, -0.15) is 0 Å². The molecule has 1 fully saturated rings. The van der Waals surface area contributed by atoms with Gasteiger partial charge in [-0.05, 0) is 25.2 Å². The molecule has 0 aromatic carbocycles. The summed E-state index contributed by atoms with van der Waals surface area (Å²) in [6.07, 6.45) is 4.74. The Morgan fingerprint density at radius 2 is 1.81 bits per heavy atom. The van der Waals surface area contributed by atoms with Crippen molar-refractivity contribution in [1.82, 2.24) is 0 Å². The van der Waals surface area contributed by atoms with Crippen LogP contribution in [0.4, 0.5) is 0 Å². The van der Waals surface area contributed by atoms with Crippen LogP contribution < -0.4 is 0 Å². The van der Waals surface area contributed by atoms with Gasteiger partial charge in [-0.25, -0.2) is 0 Å². The molecule has 0 radical (unpaired) electrons. The highest BCUT2D eigenvalue weighted by molar-refractivity contribution is 5.81. The van der Waals surface area contributed by atoms with E-state index in [4.69, 9.17) is 5.11 Å². The Bertz CT molecular complexity index is 268. The first-order chi connectivity index (χ1) is 7.53. The van der Waals surface area contributed by atoms with Crippen molar-refractivity contribution in [3.05, 3.63) is 0 Å². The van der Waals surface area contributed by atoms with Gasteiger partial charge in [-0.1, -0.05) is 26.2 Å². The fraction of sp³-hybridized carbons (Fsp3) is 0.833. The van der Waals surface area contributed by atoms with E-state index in [0.717, 1.165) is 32.1 Å². The summed E-state index contributed by atoms with van der Waals surface area (Å²) >= 11 is 0. The van der Waals surface area contributed by atoms with Crippen LogP contribution in [0.25, 0.3) is 0 Å². The average molecular weight is 228 g/mol. The van der Waals surface area contributed by atoms with Crippen molar-refractivity contribution >= 4 is 11.9 Å². The molecule has 1 saturated carbocycles. The number of hydrogen-bond donors (Lipinski definition) is 2. The molecule has 92 valence electrons. The van der Waals surface area contributed by atoms with Gasteiger partial charge in [0.25, 0.3) is 0 Å². The summed E-state index contributed by atoms with van der Waals surface area (Å²) in [5.74, 6) is -1.88. The smallest absolute Gasteiger partial charge is 0.310 e. The minimum absolute atomic E-state index is 0.0426. The molecule has 0 aliphatic heterocycles. The summed E-state index contributed by atoms with van der Waals surface area (Å²) in [4.78, 5) is 22.4. The van der Waals surface area contributed by atoms with E-state index >= 15 is 0 Å². The van der Waals surface area contributed by atoms with E-state index in [1.165, 1.54) is 0 Å². The number of hydrogen-bond acceptors (Lipinski definition) is 2. The number of rotatable bonds is 6. The Morgan fingerprint density at radius 3 is 2.19 bits per heavy atom. The van der Waals surface area contributed by atoms with Crippen LogP contribution in [0.5, 0.6) is 0 Å². The number of aliphatic carboxylic acids is 2. The van der Waals surface area contributed by atoms with E-state index in [9.17, 15) is 14.7 Å². The maximum absolute atomic E-state index is 11.5. The second kappa shape index (κ2) is 5.32. The first kappa shape index (κ1) is 13.0. The third-order valence-corrected chi connectivity index (χ3v) is 3.73. The molecule has 16 heavy (non-hydrogen) atoms. The Morgan fingerprint density at radius 1 is 1.25 bits per heavy atom. The summed E-state index contributed by atoms with van der Waals surface area (Å²) in [5, 5.41) is 18.3. The zero-order valence-corrected chi connectivity index (χ0v) is 9.74. The van der Waals surface area contributed by atoms with E-state index in [2.05, 4.69) is 0 Å². The van der Waals surface area contributed by atoms with Crippen molar-refractivity contribution in [1.29, 1.82) is 0 Å². The average Bonchev–Trinajstić information content (AvgIpc) is 2.68. The lowest BCUT2D eigenvalue weighted by Crippen LogP contribution is -2.39. The third kappa shape index (κ3) is 2.54. The molecule has 0 aromatic rings. The molecule has 1 rings (SSSR count). The lowest BCUT2D eigenvalue weighted by Gasteiger charge is -2.33. The Hall–Kier alpha value is -1.06. The van der Waals surface area contributed by atoms with Gasteiger partial charge < -0.3 is 10.2 Å². The Balaban J connectivity index is 2.93. The summed E-state index contributed by atoms with van der Waals surface area (Å²) in [6.45, 7) is 1.91. The van der Waals surface area contributed by atoms with Gasteiger partial charge in [0.05, 0.1) is 11.8 Å². The number of carboxylic acid groups (broad SMARTS) is 2. The Kier molecular flexibility index (Phi) is 4.33. The number of carbonyl (C=O) groups is 2. The lowest BCUT2D eigenvalue weighted by atomic mass is 9.69. The van der Waals surface area contributed by atoms with Crippen LogP contribution in [0, 0.1) is 11.3 Å². The molecular formula is C12H20O4. The van der Waals surface area contributed by atoms with Gasteiger partial charge in [0.1, 0.15) is 0 Å². The normalized spacial score (nSPS) is 20.6. The largest absolute Gasteiger partial charge is 0.481 e. The fourth-order valence-electron chi connectivity index (χ4n) is 2.99. The van der Waals surface area contributed by atoms with Crippen molar-refractivity contribution in [2.75, 3.05) is 0 Å². The summed E-state index contributed by atoms with van der Waals surface area (Å²) in [6, 6.07) is 0. The highest BCUT2D eigenvalue weighted by Gasteiger charge is 2.47. The molecule has 2 N–H and O–H groups in total. The van der Waals surface area contributed by atoms with Crippen LogP contribution in [-0.2, 0) is 9.59 Å². The van der Waals surface area contributed by atoms with Crippen molar-refractivity contribution < 1.29 is 19.8 Å². The van der Waals surface area contributed by atoms with Gasteiger partial charge in [0, 0.05) is 0 Å².